The van der Waals surface area contributed by atoms with Crippen LogP contribution in [0.1, 0.15) is 15.9 Å². The van der Waals surface area contributed by atoms with Crippen LogP contribution in [0.4, 0.5) is 9.52 Å². The number of carbonyl (C=O) groups is 1. The van der Waals surface area contributed by atoms with Crippen molar-refractivity contribution in [3.8, 4) is 0 Å². The van der Waals surface area contributed by atoms with E-state index >= 15 is 0 Å². The van der Waals surface area contributed by atoms with E-state index in [0.29, 0.717) is 16.4 Å². The summed E-state index contributed by atoms with van der Waals surface area (Å²) in [5, 5.41) is 11.2. The number of thioether (sulfide) groups is 1. The summed E-state index contributed by atoms with van der Waals surface area (Å²) in [6, 6.07) is 15.3. The molecule has 3 rings (SSSR count). The summed E-state index contributed by atoms with van der Waals surface area (Å²) >= 11 is 2.81. The monoisotopic (exact) mass is 345 g/mol. The molecule has 0 saturated heterocycles. The number of halogens is 1. The summed E-state index contributed by atoms with van der Waals surface area (Å²) in [5.41, 5.74) is 1.57. The van der Waals surface area contributed by atoms with Gasteiger partial charge in [-0.2, -0.15) is 0 Å². The van der Waals surface area contributed by atoms with Gasteiger partial charge in [-0.25, -0.2) is 4.39 Å². The minimum absolute atomic E-state index is 0.211. The quantitative estimate of drug-likeness (QED) is 0.556. The molecule has 4 nitrogen and oxygen atoms in total. The Bertz CT molecular complexity index is 791. The molecule has 1 amide bonds. The normalized spacial score (nSPS) is 10.5. The Labute approximate surface area is 140 Å². The molecule has 0 aliphatic heterocycles. The Morgan fingerprint density at radius 1 is 1.09 bits per heavy atom. The molecule has 0 radical (unpaired) electrons. The van der Waals surface area contributed by atoms with Gasteiger partial charge in [0.2, 0.25) is 5.13 Å². The van der Waals surface area contributed by atoms with Crippen molar-refractivity contribution in [3.63, 3.8) is 0 Å². The van der Waals surface area contributed by atoms with Crippen molar-refractivity contribution in [1.82, 2.24) is 10.2 Å². The van der Waals surface area contributed by atoms with E-state index in [1.807, 2.05) is 6.07 Å². The van der Waals surface area contributed by atoms with Crippen LogP contribution in [0.15, 0.2) is 58.9 Å². The van der Waals surface area contributed by atoms with E-state index in [0.717, 1.165) is 9.90 Å². The summed E-state index contributed by atoms with van der Waals surface area (Å²) in [6.07, 6.45) is 0. The summed E-state index contributed by atoms with van der Waals surface area (Å²) in [4.78, 5) is 12.0. The summed E-state index contributed by atoms with van der Waals surface area (Å²) in [5.74, 6) is 0.207. The highest BCUT2D eigenvalue weighted by molar-refractivity contribution is 8.00. The molecule has 0 aliphatic rings. The van der Waals surface area contributed by atoms with Crippen molar-refractivity contribution < 1.29 is 9.18 Å². The second-order valence-electron chi connectivity index (χ2n) is 4.61. The second kappa shape index (κ2) is 7.34. The Morgan fingerprint density at radius 2 is 1.83 bits per heavy atom. The number of nitrogens with zero attached hydrogens (tertiary/aromatic N) is 2. The number of benzene rings is 2. The number of rotatable bonds is 5. The average Bonchev–Trinajstić information content (AvgIpc) is 3.02. The third-order valence-corrected chi connectivity index (χ3v) is 4.98. The molecule has 1 heterocycles. The van der Waals surface area contributed by atoms with Crippen molar-refractivity contribution in [2.75, 3.05) is 5.32 Å². The van der Waals surface area contributed by atoms with Gasteiger partial charge < -0.3 is 0 Å². The van der Waals surface area contributed by atoms with Crippen molar-refractivity contribution in [1.29, 1.82) is 0 Å². The van der Waals surface area contributed by atoms with Crippen LogP contribution >= 0.6 is 23.1 Å². The van der Waals surface area contributed by atoms with E-state index < -0.39 is 0 Å². The summed E-state index contributed by atoms with van der Waals surface area (Å²) < 4.78 is 13.6. The molecular weight excluding hydrogens is 333 g/mol. The molecule has 0 spiro atoms. The van der Waals surface area contributed by atoms with Crippen molar-refractivity contribution in [2.24, 2.45) is 0 Å². The molecule has 0 aliphatic carbocycles. The van der Waals surface area contributed by atoms with Crippen LogP contribution in [0.25, 0.3) is 0 Å². The zero-order valence-electron chi connectivity index (χ0n) is 11.9. The van der Waals surface area contributed by atoms with Gasteiger partial charge in [0.25, 0.3) is 5.91 Å². The van der Waals surface area contributed by atoms with Crippen LogP contribution < -0.4 is 5.32 Å². The number of hydrogen-bond acceptors (Lipinski definition) is 5. The molecule has 2 aromatic carbocycles. The fraction of sp³-hybridized carbons (Fsp3) is 0.0625. The minimum atomic E-state index is -0.249. The zero-order chi connectivity index (χ0) is 16.1. The Balaban J connectivity index is 1.57. The first-order chi connectivity index (χ1) is 11.2. The van der Waals surface area contributed by atoms with E-state index in [1.54, 1.807) is 36.4 Å². The van der Waals surface area contributed by atoms with Crippen molar-refractivity contribution in [3.05, 3.63) is 71.5 Å². The lowest BCUT2D eigenvalue weighted by molar-refractivity contribution is 0.102. The number of nitrogens with one attached hydrogen (secondary N) is 1. The largest absolute Gasteiger partial charge is 0.296 e. The lowest BCUT2D eigenvalue weighted by Crippen LogP contribution is -2.11. The van der Waals surface area contributed by atoms with Gasteiger partial charge in [0.15, 0.2) is 4.34 Å². The van der Waals surface area contributed by atoms with Crippen LogP contribution in [0.2, 0.25) is 0 Å². The van der Waals surface area contributed by atoms with Crippen LogP contribution in [-0.2, 0) is 5.75 Å². The Kier molecular flexibility index (Phi) is 4.99. The lowest BCUT2D eigenvalue weighted by Gasteiger charge is -2.00. The third-order valence-electron chi connectivity index (χ3n) is 2.94. The summed E-state index contributed by atoms with van der Waals surface area (Å²) in [7, 11) is 0. The van der Waals surface area contributed by atoms with Gasteiger partial charge in [-0.15, -0.1) is 10.2 Å². The van der Waals surface area contributed by atoms with Gasteiger partial charge in [-0.1, -0.05) is 53.4 Å². The molecule has 0 saturated carbocycles. The molecule has 23 heavy (non-hydrogen) atoms. The second-order valence-corrected chi connectivity index (χ2v) is 6.81. The number of aromatic nitrogens is 2. The van der Waals surface area contributed by atoms with E-state index in [2.05, 4.69) is 15.5 Å². The number of anilines is 1. The predicted octanol–water partition coefficient (Wildman–Crippen LogP) is 4.22. The van der Waals surface area contributed by atoms with Crippen LogP contribution in [0, 0.1) is 5.82 Å². The highest BCUT2D eigenvalue weighted by atomic mass is 32.2. The zero-order valence-corrected chi connectivity index (χ0v) is 13.5. The fourth-order valence-electron chi connectivity index (χ4n) is 1.80. The first kappa shape index (κ1) is 15.6. The van der Waals surface area contributed by atoms with Gasteiger partial charge in [0.1, 0.15) is 5.82 Å². The third kappa shape index (κ3) is 4.37. The lowest BCUT2D eigenvalue weighted by atomic mass is 10.2. The first-order valence-electron chi connectivity index (χ1n) is 6.78. The van der Waals surface area contributed by atoms with E-state index in [-0.39, 0.29) is 11.7 Å². The van der Waals surface area contributed by atoms with Gasteiger partial charge in [-0.3, -0.25) is 10.1 Å². The molecule has 0 bridgehead atoms. The smallest absolute Gasteiger partial charge is 0.257 e. The minimum Gasteiger partial charge on any atom is -0.296 e. The van der Waals surface area contributed by atoms with E-state index in [9.17, 15) is 9.18 Å². The molecule has 0 atom stereocenters. The van der Waals surface area contributed by atoms with Crippen molar-refractivity contribution in [2.45, 2.75) is 10.1 Å². The van der Waals surface area contributed by atoms with Crippen molar-refractivity contribution >= 4 is 34.1 Å². The molecule has 0 unspecified atom stereocenters. The standard InChI is InChI=1S/C16H12FN3OS2/c17-13-8-6-11(7-9-13)10-22-16-20-19-15(23-16)18-14(21)12-4-2-1-3-5-12/h1-9H,10H2,(H,18,19,21). The molecule has 1 aromatic heterocycles. The van der Waals surface area contributed by atoms with Crippen LogP contribution in [0.3, 0.4) is 0 Å². The molecule has 1 N–H and O–H groups in total. The highest BCUT2D eigenvalue weighted by Gasteiger charge is 2.10. The van der Waals surface area contributed by atoms with Crippen LogP contribution in [0.5, 0.6) is 0 Å². The summed E-state index contributed by atoms with van der Waals surface area (Å²) in [6.45, 7) is 0. The van der Waals surface area contributed by atoms with Gasteiger partial charge in [0, 0.05) is 11.3 Å². The Morgan fingerprint density at radius 3 is 2.57 bits per heavy atom. The fourth-order valence-corrected chi connectivity index (χ4v) is 3.51. The molecule has 7 heteroatoms. The number of carbonyl (C=O) groups excluding carboxylic acids is 1. The van der Waals surface area contributed by atoms with Crippen LogP contribution in [-0.4, -0.2) is 16.1 Å². The Hall–Kier alpha value is -2.25. The molecule has 3 aromatic rings. The first-order valence-corrected chi connectivity index (χ1v) is 8.58. The maximum atomic E-state index is 12.8. The highest BCUT2D eigenvalue weighted by Crippen LogP contribution is 2.28. The molecular formula is C16H12FN3OS2. The number of hydrogen-bond donors (Lipinski definition) is 1. The average molecular weight is 345 g/mol. The molecule has 0 fully saturated rings. The maximum Gasteiger partial charge on any atom is 0.257 e. The predicted molar refractivity (Wildman–Crippen MR) is 90.3 cm³/mol. The topological polar surface area (TPSA) is 54.9 Å². The van der Waals surface area contributed by atoms with E-state index in [4.69, 9.17) is 0 Å². The van der Waals surface area contributed by atoms with Gasteiger partial charge >= 0.3 is 0 Å². The molecule has 116 valence electrons. The number of amides is 1. The maximum absolute atomic E-state index is 12.8. The SMILES string of the molecule is O=C(Nc1nnc(SCc2ccc(F)cc2)s1)c1ccccc1. The van der Waals surface area contributed by atoms with E-state index in [1.165, 1.54) is 35.2 Å². The van der Waals surface area contributed by atoms with Gasteiger partial charge in [0.05, 0.1) is 0 Å². The van der Waals surface area contributed by atoms with Gasteiger partial charge in [-0.05, 0) is 29.8 Å².